The van der Waals surface area contributed by atoms with Gasteiger partial charge in [0.15, 0.2) is 0 Å². The largest absolute Gasteiger partial charge is 0.310 e. The van der Waals surface area contributed by atoms with Gasteiger partial charge in [0.1, 0.15) is 0 Å². The monoisotopic (exact) mass is 259 g/mol. The van der Waals surface area contributed by atoms with E-state index in [1.807, 2.05) is 11.3 Å². The summed E-state index contributed by atoms with van der Waals surface area (Å²) < 4.78 is 0. The van der Waals surface area contributed by atoms with Crippen molar-refractivity contribution in [3.8, 4) is 0 Å². The van der Waals surface area contributed by atoms with E-state index in [9.17, 15) is 0 Å². The summed E-state index contributed by atoms with van der Waals surface area (Å²) in [4.78, 5) is 2.87. The summed E-state index contributed by atoms with van der Waals surface area (Å²) in [6.07, 6.45) is 1.12. The Morgan fingerprint density at radius 2 is 1.78 bits per heavy atom. The Kier molecular flexibility index (Phi) is 4.56. The lowest BCUT2D eigenvalue weighted by atomic mass is 10.1. The summed E-state index contributed by atoms with van der Waals surface area (Å²) in [7, 11) is 0. The molecular formula is C16H21NS. The lowest BCUT2D eigenvalue weighted by Crippen LogP contribution is -2.27. The lowest BCUT2D eigenvalue weighted by molar-refractivity contribution is 0.548. The van der Waals surface area contributed by atoms with Crippen LogP contribution < -0.4 is 5.32 Å². The average molecular weight is 259 g/mol. The smallest absolute Gasteiger partial charge is 0.0208 e. The van der Waals surface area contributed by atoms with Gasteiger partial charge < -0.3 is 5.32 Å². The third-order valence-corrected chi connectivity index (χ3v) is 4.10. The molecule has 1 nitrogen and oxygen atoms in total. The second-order valence-corrected chi connectivity index (χ2v) is 6.36. The molecule has 0 aliphatic rings. The fourth-order valence-electron chi connectivity index (χ4n) is 1.97. The number of thiophene rings is 1. The van der Waals surface area contributed by atoms with Crippen LogP contribution >= 0.6 is 11.3 Å². The summed E-state index contributed by atoms with van der Waals surface area (Å²) in [5.74, 6) is 0. The minimum Gasteiger partial charge on any atom is -0.310 e. The summed E-state index contributed by atoms with van der Waals surface area (Å²) in [6, 6.07) is 13.7. The van der Waals surface area contributed by atoms with Crippen LogP contribution in [-0.2, 0) is 13.0 Å². The molecule has 2 rings (SSSR count). The molecule has 1 atom stereocenters. The highest BCUT2D eigenvalue weighted by atomic mass is 32.1. The first-order chi connectivity index (χ1) is 8.63. The van der Waals surface area contributed by atoms with Gasteiger partial charge in [-0.2, -0.15) is 0 Å². The Labute approximate surface area is 114 Å². The van der Waals surface area contributed by atoms with Gasteiger partial charge in [-0.1, -0.05) is 29.8 Å². The summed E-state index contributed by atoms with van der Waals surface area (Å²) >= 11 is 1.90. The van der Waals surface area contributed by atoms with Gasteiger partial charge in [0.25, 0.3) is 0 Å². The molecule has 1 unspecified atom stereocenters. The third kappa shape index (κ3) is 3.97. The molecule has 1 N–H and O–H groups in total. The van der Waals surface area contributed by atoms with E-state index in [4.69, 9.17) is 0 Å². The van der Waals surface area contributed by atoms with Crippen molar-refractivity contribution in [1.29, 1.82) is 0 Å². The van der Waals surface area contributed by atoms with Gasteiger partial charge in [-0.3, -0.25) is 0 Å². The van der Waals surface area contributed by atoms with Crippen molar-refractivity contribution in [2.75, 3.05) is 0 Å². The SMILES string of the molecule is Cc1ccc(CNC(C)Cc2ccc(C)s2)cc1. The number of aryl methyl sites for hydroxylation is 2. The fourth-order valence-corrected chi connectivity index (χ4v) is 2.99. The van der Waals surface area contributed by atoms with Gasteiger partial charge in [0.2, 0.25) is 0 Å². The number of hydrogen-bond acceptors (Lipinski definition) is 2. The number of nitrogens with one attached hydrogen (secondary N) is 1. The maximum absolute atomic E-state index is 3.58. The minimum absolute atomic E-state index is 0.518. The minimum atomic E-state index is 0.518. The van der Waals surface area contributed by atoms with Gasteiger partial charge in [-0.15, -0.1) is 11.3 Å². The van der Waals surface area contributed by atoms with E-state index < -0.39 is 0 Å². The molecule has 1 aromatic carbocycles. The molecule has 96 valence electrons. The molecule has 2 aromatic rings. The first kappa shape index (κ1) is 13.3. The Hall–Kier alpha value is -1.12. The van der Waals surface area contributed by atoms with E-state index in [-0.39, 0.29) is 0 Å². The normalized spacial score (nSPS) is 12.6. The molecule has 1 aromatic heterocycles. The zero-order valence-corrected chi connectivity index (χ0v) is 12.2. The predicted molar refractivity (Wildman–Crippen MR) is 80.2 cm³/mol. The van der Waals surface area contributed by atoms with Crippen molar-refractivity contribution in [3.05, 3.63) is 57.3 Å². The standard InChI is InChI=1S/C16H21NS/c1-12-4-7-15(8-5-12)11-17-13(2)10-16-9-6-14(3)18-16/h4-9,13,17H,10-11H2,1-3H3. The maximum atomic E-state index is 3.58. The Bertz CT molecular complexity index is 484. The van der Waals surface area contributed by atoms with Crippen molar-refractivity contribution in [3.63, 3.8) is 0 Å². The first-order valence-corrected chi connectivity index (χ1v) is 7.29. The quantitative estimate of drug-likeness (QED) is 0.853. The van der Waals surface area contributed by atoms with Crippen LogP contribution in [0.15, 0.2) is 36.4 Å². The molecule has 0 amide bonds. The predicted octanol–water partition coefficient (Wildman–Crippen LogP) is 4.09. The molecule has 0 saturated carbocycles. The van der Waals surface area contributed by atoms with Crippen LogP contribution in [0.5, 0.6) is 0 Å². The van der Waals surface area contributed by atoms with Gasteiger partial charge in [-0.05, 0) is 44.9 Å². The van der Waals surface area contributed by atoms with Crippen molar-refractivity contribution in [2.24, 2.45) is 0 Å². The number of benzene rings is 1. The highest BCUT2D eigenvalue weighted by Crippen LogP contribution is 2.16. The van der Waals surface area contributed by atoms with E-state index in [2.05, 4.69) is 62.5 Å². The Morgan fingerprint density at radius 3 is 2.39 bits per heavy atom. The van der Waals surface area contributed by atoms with Crippen LogP contribution in [0, 0.1) is 13.8 Å². The van der Waals surface area contributed by atoms with Crippen LogP contribution in [0.3, 0.4) is 0 Å². The zero-order valence-electron chi connectivity index (χ0n) is 11.4. The van der Waals surface area contributed by atoms with Gasteiger partial charge in [0.05, 0.1) is 0 Å². The summed E-state index contributed by atoms with van der Waals surface area (Å²) in [5.41, 5.74) is 2.68. The maximum Gasteiger partial charge on any atom is 0.0208 e. The average Bonchev–Trinajstić information content (AvgIpc) is 2.74. The van der Waals surface area contributed by atoms with Crippen molar-refractivity contribution in [1.82, 2.24) is 5.32 Å². The topological polar surface area (TPSA) is 12.0 Å². The van der Waals surface area contributed by atoms with Crippen molar-refractivity contribution >= 4 is 11.3 Å². The zero-order chi connectivity index (χ0) is 13.0. The molecule has 0 saturated heterocycles. The Morgan fingerprint density at radius 1 is 1.06 bits per heavy atom. The fraction of sp³-hybridized carbons (Fsp3) is 0.375. The van der Waals surface area contributed by atoms with E-state index >= 15 is 0 Å². The van der Waals surface area contributed by atoms with E-state index in [0.717, 1.165) is 13.0 Å². The second-order valence-electron chi connectivity index (χ2n) is 4.98. The van der Waals surface area contributed by atoms with Crippen LogP contribution in [0.1, 0.15) is 27.8 Å². The Balaban J connectivity index is 1.81. The van der Waals surface area contributed by atoms with Crippen molar-refractivity contribution in [2.45, 2.75) is 39.8 Å². The molecule has 1 heterocycles. The number of rotatable bonds is 5. The molecule has 18 heavy (non-hydrogen) atoms. The second kappa shape index (κ2) is 6.17. The first-order valence-electron chi connectivity index (χ1n) is 6.48. The van der Waals surface area contributed by atoms with Crippen molar-refractivity contribution < 1.29 is 0 Å². The molecule has 0 aliphatic carbocycles. The highest BCUT2D eigenvalue weighted by molar-refractivity contribution is 7.11. The van der Waals surface area contributed by atoms with Crippen LogP contribution in [0.4, 0.5) is 0 Å². The molecule has 0 bridgehead atoms. The van der Waals surface area contributed by atoms with Crippen LogP contribution in [-0.4, -0.2) is 6.04 Å². The number of hydrogen-bond donors (Lipinski definition) is 1. The third-order valence-electron chi connectivity index (χ3n) is 3.08. The van der Waals surface area contributed by atoms with Gasteiger partial charge >= 0.3 is 0 Å². The van der Waals surface area contributed by atoms with E-state index in [0.29, 0.717) is 6.04 Å². The molecule has 0 spiro atoms. The molecule has 0 radical (unpaired) electrons. The highest BCUT2D eigenvalue weighted by Gasteiger charge is 2.04. The van der Waals surface area contributed by atoms with Crippen LogP contribution in [0.2, 0.25) is 0 Å². The van der Waals surface area contributed by atoms with Gasteiger partial charge in [0, 0.05) is 22.3 Å². The summed E-state index contributed by atoms with van der Waals surface area (Å²) in [5, 5.41) is 3.58. The molecule has 2 heteroatoms. The van der Waals surface area contributed by atoms with E-state index in [1.54, 1.807) is 0 Å². The van der Waals surface area contributed by atoms with Gasteiger partial charge in [-0.25, -0.2) is 0 Å². The molecular weight excluding hydrogens is 238 g/mol. The molecule has 0 aliphatic heterocycles. The van der Waals surface area contributed by atoms with Crippen LogP contribution in [0.25, 0.3) is 0 Å². The lowest BCUT2D eigenvalue weighted by Gasteiger charge is -2.13. The molecule has 0 fully saturated rings. The van der Waals surface area contributed by atoms with E-state index in [1.165, 1.54) is 20.9 Å². The summed E-state index contributed by atoms with van der Waals surface area (Å²) in [6.45, 7) is 7.49.